The summed E-state index contributed by atoms with van der Waals surface area (Å²) in [4.78, 5) is 18.1. The van der Waals surface area contributed by atoms with Gasteiger partial charge in [0.1, 0.15) is 5.76 Å². The van der Waals surface area contributed by atoms with Crippen LogP contribution in [0, 0.1) is 6.92 Å². The molecule has 1 aliphatic heterocycles. The molecule has 0 aliphatic carbocycles. The summed E-state index contributed by atoms with van der Waals surface area (Å²) in [5.74, 6) is 0.891. The molecule has 0 saturated heterocycles. The maximum absolute atomic E-state index is 11.3. The smallest absolute Gasteiger partial charge is 0.335 e. The van der Waals surface area contributed by atoms with Gasteiger partial charge in [-0.3, -0.25) is 4.90 Å². The van der Waals surface area contributed by atoms with E-state index in [-0.39, 0.29) is 0 Å². The molecule has 0 amide bonds. The van der Waals surface area contributed by atoms with Crippen molar-refractivity contribution in [2.24, 2.45) is 0 Å². The van der Waals surface area contributed by atoms with Gasteiger partial charge in [-0.1, -0.05) is 19.1 Å². The van der Waals surface area contributed by atoms with Crippen LogP contribution in [0.2, 0.25) is 0 Å². The van der Waals surface area contributed by atoms with Crippen LogP contribution < -0.4 is 0 Å². The minimum absolute atomic E-state index is 0.434. The topological polar surface area (TPSA) is 66.6 Å². The van der Waals surface area contributed by atoms with Crippen molar-refractivity contribution in [1.82, 2.24) is 9.88 Å². The minimum atomic E-state index is -0.842. The van der Waals surface area contributed by atoms with Crippen LogP contribution in [-0.2, 0) is 25.9 Å². The van der Waals surface area contributed by atoms with Gasteiger partial charge in [-0.25, -0.2) is 9.78 Å². The van der Waals surface area contributed by atoms with Crippen molar-refractivity contribution >= 4 is 5.97 Å². The van der Waals surface area contributed by atoms with Crippen molar-refractivity contribution in [3.8, 4) is 0 Å². The Morgan fingerprint density at radius 3 is 3.00 bits per heavy atom. The first-order valence-electron chi connectivity index (χ1n) is 8.10. The lowest BCUT2D eigenvalue weighted by molar-refractivity contribution is 0.0694. The number of nitrogens with zero attached hydrogens (tertiary/aromatic N) is 2. The molecule has 5 nitrogen and oxygen atoms in total. The Morgan fingerprint density at radius 2 is 2.26 bits per heavy atom. The predicted molar refractivity (Wildman–Crippen MR) is 86.5 cm³/mol. The van der Waals surface area contributed by atoms with Crippen molar-refractivity contribution in [3.05, 3.63) is 52.2 Å². The number of aryl methyl sites for hydroxylation is 2. The number of oxazole rings is 1. The van der Waals surface area contributed by atoms with Crippen LogP contribution in [0.15, 0.2) is 22.6 Å². The number of fused-ring (bicyclic) bond motifs is 1. The monoisotopic (exact) mass is 314 g/mol. The summed E-state index contributed by atoms with van der Waals surface area (Å²) in [6.45, 7) is 6.40. The molecule has 0 bridgehead atoms. The molecule has 1 aromatic heterocycles. The van der Waals surface area contributed by atoms with Crippen LogP contribution in [0.4, 0.5) is 0 Å². The Kier molecular flexibility index (Phi) is 4.48. The van der Waals surface area contributed by atoms with Gasteiger partial charge in [0, 0.05) is 19.5 Å². The first-order chi connectivity index (χ1) is 11.1. The second-order valence-corrected chi connectivity index (χ2v) is 6.08. The molecule has 1 N–H and O–H groups in total. The molecule has 1 aliphatic rings. The number of aromatic nitrogens is 1. The number of hydrogen-bond acceptors (Lipinski definition) is 4. The number of hydrogen-bond donors (Lipinski definition) is 1. The molecule has 0 fully saturated rings. The molecule has 2 aromatic rings. The first kappa shape index (κ1) is 15.7. The lowest BCUT2D eigenvalue weighted by Crippen LogP contribution is -2.31. The van der Waals surface area contributed by atoms with E-state index in [1.165, 1.54) is 0 Å². The third kappa shape index (κ3) is 3.29. The second-order valence-electron chi connectivity index (χ2n) is 6.08. The van der Waals surface area contributed by atoms with Crippen LogP contribution in [0.25, 0.3) is 0 Å². The predicted octanol–water partition coefficient (Wildman–Crippen LogP) is 3.19. The summed E-state index contributed by atoms with van der Waals surface area (Å²) in [6, 6.07) is 5.53. The Morgan fingerprint density at radius 1 is 1.43 bits per heavy atom. The molecule has 3 rings (SSSR count). The quantitative estimate of drug-likeness (QED) is 0.918. The molecule has 0 unspecified atom stereocenters. The van der Waals surface area contributed by atoms with Gasteiger partial charge in [-0.2, -0.15) is 0 Å². The van der Waals surface area contributed by atoms with Crippen LogP contribution >= 0.6 is 0 Å². The van der Waals surface area contributed by atoms with Crippen molar-refractivity contribution in [3.63, 3.8) is 0 Å². The highest BCUT2D eigenvalue weighted by molar-refractivity contribution is 5.89. The molecule has 122 valence electrons. The summed E-state index contributed by atoms with van der Waals surface area (Å²) in [5, 5.41) is 9.29. The van der Waals surface area contributed by atoms with E-state index in [9.17, 15) is 9.90 Å². The molecule has 2 heterocycles. The summed E-state index contributed by atoms with van der Waals surface area (Å²) >= 11 is 0. The zero-order chi connectivity index (χ0) is 16.4. The van der Waals surface area contributed by atoms with Gasteiger partial charge in [0.15, 0.2) is 5.89 Å². The average Bonchev–Trinajstić information content (AvgIpc) is 2.86. The summed E-state index contributed by atoms with van der Waals surface area (Å²) in [7, 11) is 0. The maximum Gasteiger partial charge on any atom is 0.335 e. The fourth-order valence-corrected chi connectivity index (χ4v) is 3.16. The number of aromatic carboxylic acids is 1. The van der Waals surface area contributed by atoms with Gasteiger partial charge >= 0.3 is 5.97 Å². The van der Waals surface area contributed by atoms with E-state index in [0.717, 1.165) is 67.4 Å². The van der Waals surface area contributed by atoms with E-state index in [2.05, 4.69) is 16.8 Å². The second kappa shape index (κ2) is 6.54. The standard InChI is InChI=1S/C18H22N2O3/c1-3-5-17-19-12(2)16(23-17)11-20-9-8-14-13(10-20)6-4-7-15(14)18(21)22/h4,6-7H,3,5,8-11H2,1-2H3,(H,21,22). The Bertz CT molecular complexity index is 721. The number of rotatable bonds is 5. The molecular weight excluding hydrogens is 292 g/mol. The van der Waals surface area contributed by atoms with E-state index in [0.29, 0.717) is 5.56 Å². The third-order valence-electron chi connectivity index (χ3n) is 4.34. The van der Waals surface area contributed by atoms with Gasteiger partial charge in [-0.15, -0.1) is 0 Å². The largest absolute Gasteiger partial charge is 0.478 e. The molecular formula is C18H22N2O3. The van der Waals surface area contributed by atoms with E-state index in [1.54, 1.807) is 6.07 Å². The lowest BCUT2D eigenvalue weighted by Gasteiger charge is -2.28. The van der Waals surface area contributed by atoms with Crippen LogP contribution in [0.5, 0.6) is 0 Å². The van der Waals surface area contributed by atoms with Crippen molar-refractivity contribution in [1.29, 1.82) is 0 Å². The van der Waals surface area contributed by atoms with E-state index >= 15 is 0 Å². The van der Waals surface area contributed by atoms with Gasteiger partial charge in [0.2, 0.25) is 0 Å². The van der Waals surface area contributed by atoms with Gasteiger partial charge < -0.3 is 9.52 Å². The number of benzene rings is 1. The summed E-state index contributed by atoms with van der Waals surface area (Å²) in [5.41, 5.74) is 3.46. The lowest BCUT2D eigenvalue weighted by atomic mass is 9.94. The summed E-state index contributed by atoms with van der Waals surface area (Å²) in [6.07, 6.45) is 2.65. The van der Waals surface area contributed by atoms with Gasteiger partial charge in [-0.05, 0) is 37.0 Å². The van der Waals surface area contributed by atoms with E-state index in [4.69, 9.17) is 4.42 Å². The molecule has 0 spiro atoms. The zero-order valence-corrected chi connectivity index (χ0v) is 13.6. The first-order valence-corrected chi connectivity index (χ1v) is 8.10. The Labute approximate surface area is 135 Å². The van der Waals surface area contributed by atoms with Crippen LogP contribution in [0.3, 0.4) is 0 Å². The fraction of sp³-hybridized carbons (Fsp3) is 0.444. The van der Waals surface area contributed by atoms with Gasteiger partial charge in [0.25, 0.3) is 0 Å². The highest BCUT2D eigenvalue weighted by Crippen LogP contribution is 2.25. The van der Waals surface area contributed by atoms with Crippen molar-refractivity contribution in [2.75, 3.05) is 6.54 Å². The molecule has 0 saturated carbocycles. The van der Waals surface area contributed by atoms with Crippen LogP contribution in [0.1, 0.15) is 52.2 Å². The fourth-order valence-electron chi connectivity index (χ4n) is 3.16. The summed E-state index contributed by atoms with van der Waals surface area (Å²) < 4.78 is 5.86. The van der Waals surface area contributed by atoms with E-state index in [1.807, 2.05) is 19.1 Å². The number of carboxylic acid groups (broad SMARTS) is 1. The number of carbonyl (C=O) groups is 1. The number of carboxylic acids is 1. The minimum Gasteiger partial charge on any atom is -0.478 e. The maximum atomic E-state index is 11.3. The van der Waals surface area contributed by atoms with E-state index < -0.39 is 5.97 Å². The third-order valence-corrected chi connectivity index (χ3v) is 4.34. The van der Waals surface area contributed by atoms with Crippen molar-refractivity contribution in [2.45, 2.75) is 46.2 Å². The van der Waals surface area contributed by atoms with Crippen molar-refractivity contribution < 1.29 is 14.3 Å². The normalized spacial score (nSPS) is 14.7. The molecule has 1 aromatic carbocycles. The average molecular weight is 314 g/mol. The molecule has 0 atom stereocenters. The highest BCUT2D eigenvalue weighted by atomic mass is 16.4. The Hall–Kier alpha value is -2.14. The molecule has 0 radical (unpaired) electrons. The highest BCUT2D eigenvalue weighted by Gasteiger charge is 2.22. The molecule has 23 heavy (non-hydrogen) atoms. The SMILES string of the molecule is CCCc1nc(C)c(CN2CCc3c(cccc3C(=O)O)C2)o1. The molecule has 5 heteroatoms. The zero-order valence-electron chi connectivity index (χ0n) is 13.6. The Balaban J connectivity index is 1.75. The van der Waals surface area contributed by atoms with Gasteiger partial charge in [0.05, 0.1) is 17.8 Å². The van der Waals surface area contributed by atoms with Crippen LogP contribution in [-0.4, -0.2) is 27.5 Å².